The van der Waals surface area contributed by atoms with Crippen LogP contribution in [0.25, 0.3) is 0 Å². The molecule has 0 aromatic carbocycles. The molecule has 0 spiro atoms. The third-order valence-electron chi connectivity index (χ3n) is 4.72. The Morgan fingerprint density at radius 3 is 2.41 bits per heavy atom. The van der Waals surface area contributed by atoms with Gasteiger partial charge in [-0.3, -0.25) is 0 Å². The van der Waals surface area contributed by atoms with E-state index in [4.69, 9.17) is 0 Å². The molecule has 5 nitrogen and oxygen atoms in total. The lowest BCUT2D eigenvalue weighted by molar-refractivity contribution is 0.0239. The number of nitrogens with one attached hydrogen (secondary N) is 2. The molecule has 1 aliphatic rings. The summed E-state index contributed by atoms with van der Waals surface area (Å²) in [5.74, 6) is 0. The van der Waals surface area contributed by atoms with E-state index in [0.29, 0.717) is 12.6 Å². The smallest absolute Gasteiger partial charge is 0.315 e. The fourth-order valence-electron chi connectivity index (χ4n) is 3.48. The van der Waals surface area contributed by atoms with E-state index in [1.54, 1.807) is 0 Å². The first-order chi connectivity index (χ1) is 10.4. The van der Waals surface area contributed by atoms with E-state index in [1.165, 1.54) is 6.42 Å². The van der Waals surface area contributed by atoms with E-state index >= 15 is 0 Å². The van der Waals surface area contributed by atoms with Crippen LogP contribution in [-0.2, 0) is 0 Å². The van der Waals surface area contributed by atoms with Gasteiger partial charge >= 0.3 is 6.03 Å². The number of hydrogen-bond donors (Lipinski definition) is 3. The second-order valence-corrected chi connectivity index (χ2v) is 7.03. The Bertz CT molecular complexity index is 328. The molecule has 0 saturated heterocycles. The van der Waals surface area contributed by atoms with Crippen molar-refractivity contribution in [1.82, 2.24) is 15.5 Å². The number of rotatable bonds is 8. The molecular formula is C17H35N3O2. The summed E-state index contributed by atoms with van der Waals surface area (Å²) in [5, 5.41) is 16.5. The van der Waals surface area contributed by atoms with Crippen molar-refractivity contribution in [3.63, 3.8) is 0 Å². The Morgan fingerprint density at radius 1 is 1.23 bits per heavy atom. The number of aliphatic hydroxyl groups is 1. The maximum atomic E-state index is 12.1. The van der Waals surface area contributed by atoms with Crippen LogP contribution in [0.2, 0.25) is 0 Å². The minimum atomic E-state index is -0.764. The van der Waals surface area contributed by atoms with Crippen LogP contribution < -0.4 is 10.6 Å². The Labute approximate surface area is 135 Å². The molecule has 1 fully saturated rings. The maximum Gasteiger partial charge on any atom is 0.315 e. The van der Waals surface area contributed by atoms with Gasteiger partial charge < -0.3 is 20.6 Å². The third-order valence-corrected chi connectivity index (χ3v) is 4.72. The van der Waals surface area contributed by atoms with Crippen molar-refractivity contribution >= 4 is 6.03 Å². The lowest BCUT2D eigenvalue weighted by atomic mass is 9.90. The van der Waals surface area contributed by atoms with E-state index in [2.05, 4.69) is 43.5 Å². The average molecular weight is 313 g/mol. The second-order valence-electron chi connectivity index (χ2n) is 7.03. The summed E-state index contributed by atoms with van der Waals surface area (Å²) in [7, 11) is 4.20. The molecule has 0 radical (unpaired) electrons. The van der Waals surface area contributed by atoms with Crippen LogP contribution in [0, 0.1) is 0 Å². The van der Waals surface area contributed by atoms with Crippen molar-refractivity contribution in [3.8, 4) is 0 Å². The van der Waals surface area contributed by atoms with Crippen LogP contribution in [0.4, 0.5) is 4.79 Å². The number of nitrogens with zero attached hydrogens (tertiary/aromatic N) is 1. The van der Waals surface area contributed by atoms with Gasteiger partial charge in [0, 0.05) is 18.6 Å². The number of hydrogen-bond acceptors (Lipinski definition) is 3. The predicted molar refractivity (Wildman–Crippen MR) is 91.0 cm³/mol. The van der Waals surface area contributed by atoms with E-state index in [-0.39, 0.29) is 12.1 Å². The first-order valence-electron chi connectivity index (χ1n) is 8.83. The van der Waals surface area contributed by atoms with Gasteiger partial charge in [-0.05, 0) is 52.6 Å². The Morgan fingerprint density at radius 2 is 1.86 bits per heavy atom. The molecule has 1 saturated carbocycles. The Kier molecular flexibility index (Phi) is 8.18. The molecule has 2 amide bonds. The van der Waals surface area contributed by atoms with Crippen molar-refractivity contribution in [2.45, 2.75) is 82.9 Å². The van der Waals surface area contributed by atoms with Gasteiger partial charge in [-0.25, -0.2) is 4.79 Å². The van der Waals surface area contributed by atoms with Gasteiger partial charge in [-0.15, -0.1) is 0 Å². The highest BCUT2D eigenvalue weighted by Gasteiger charge is 2.27. The quantitative estimate of drug-likeness (QED) is 0.645. The minimum Gasteiger partial charge on any atom is -0.388 e. The van der Waals surface area contributed by atoms with Gasteiger partial charge in [0.1, 0.15) is 0 Å². The van der Waals surface area contributed by atoms with Crippen molar-refractivity contribution < 1.29 is 9.90 Å². The Hall–Kier alpha value is -0.810. The van der Waals surface area contributed by atoms with E-state index in [0.717, 1.165) is 44.9 Å². The molecule has 1 rings (SSSR count). The van der Waals surface area contributed by atoms with Crippen LogP contribution in [0.15, 0.2) is 0 Å². The van der Waals surface area contributed by atoms with Crippen molar-refractivity contribution in [1.29, 1.82) is 0 Å². The summed E-state index contributed by atoms with van der Waals surface area (Å²) in [6.07, 6.45) is 7.73. The minimum absolute atomic E-state index is 0.143. The lowest BCUT2D eigenvalue weighted by Crippen LogP contribution is -2.50. The summed E-state index contributed by atoms with van der Waals surface area (Å²) < 4.78 is 0. The first kappa shape index (κ1) is 19.2. The fourth-order valence-corrected chi connectivity index (χ4v) is 3.48. The summed E-state index contributed by atoms with van der Waals surface area (Å²) >= 11 is 0. The van der Waals surface area contributed by atoms with Gasteiger partial charge in [-0.2, -0.15) is 0 Å². The molecule has 0 aliphatic heterocycles. The number of amides is 2. The second kappa shape index (κ2) is 9.36. The fraction of sp³-hybridized carbons (Fsp3) is 0.941. The molecule has 5 heteroatoms. The molecule has 130 valence electrons. The monoisotopic (exact) mass is 313 g/mol. The zero-order valence-electron chi connectivity index (χ0n) is 14.8. The van der Waals surface area contributed by atoms with Crippen molar-refractivity contribution in [2.24, 2.45) is 0 Å². The zero-order chi connectivity index (χ0) is 16.6. The van der Waals surface area contributed by atoms with E-state index in [9.17, 15) is 9.90 Å². The zero-order valence-corrected chi connectivity index (χ0v) is 14.8. The summed E-state index contributed by atoms with van der Waals surface area (Å²) in [4.78, 5) is 14.3. The van der Waals surface area contributed by atoms with Crippen LogP contribution in [-0.4, -0.2) is 54.4 Å². The van der Waals surface area contributed by atoms with Gasteiger partial charge in [0.2, 0.25) is 0 Å². The van der Waals surface area contributed by atoms with Crippen molar-refractivity contribution in [3.05, 3.63) is 0 Å². The van der Waals surface area contributed by atoms with Crippen LogP contribution in [0.3, 0.4) is 0 Å². The molecule has 0 heterocycles. The van der Waals surface area contributed by atoms with Crippen LogP contribution in [0.5, 0.6) is 0 Å². The molecule has 2 unspecified atom stereocenters. The summed E-state index contributed by atoms with van der Waals surface area (Å²) in [6.45, 7) is 4.46. The van der Waals surface area contributed by atoms with Gasteiger partial charge in [-0.1, -0.05) is 26.7 Å². The highest BCUT2D eigenvalue weighted by molar-refractivity contribution is 5.74. The average Bonchev–Trinajstić information content (AvgIpc) is 2.46. The molecule has 3 N–H and O–H groups in total. The predicted octanol–water partition coefficient (Wildman–Crippen LogP) is 2.49. The molecule has 22 heavy (non-hydrogen) atoms. The van der Waals surface area contributed by atoms with E-state index < -0.39 is 5.60 Å². The molecule has 0 bridgehead atoms. The normalized spacial score (nSPS) is 22.6. The van der Waals surface area contributed by atoms with Crippen molar-refractivity contribution in [2.75, 3.05) is 20.6 Å². The van der Waals surface area contributed by atoms with Gasteiger partial charge in [0.05, 0.1) is 5.60 Å². The van der Waals surface area contributed by atoms with Crippen LogP contribution >= 0.6 is 0 Å². The summed E-state index contributed by atoms with van der Waals surface area (Å²) in [5.41, 5.74) is -0.764. The molecule has 0 aromatic heterocycles. The SMILES string of the molecule is CCCC(O)(CCC)CNC(=O)NC1CCCC(N(C)C)C1. The molecule has 1 aliphatic carbocycles. The van der Waals surface area contributed by atoms with Gasteiger partial charge in [0.25, 0.3) is 0 Å². The Balaban J connectivity index is 2.38. The summed E-state index contributed by atoms with van der Waals surface area (Å²) in [6, 6.07) is 0.651. The highest BCUT2D eigenvalue weighted by Crippen LogP contribution is 2.22. The number of carbonyl (C=O) groups excluding carboxylic acids is 1. The molecular weight excluding hydrogens is 278 g/mol. The molecule has 0 aromatic rings. The standard InChI is InChI=1S/C17H35N3O2/c1-5-10-17(22,11-6-2)13-18-16(21)19-14-8-7-9-15(12-14)20(3)4/h14-15,22H,5-13H2,1-4H3,(H2,18,19,21). The lowest BCUT2D eigenvalue weighted by Gasteiger charge is -2.34. The largest absolute Gasteiger partial charge is 0.388 e. The first-order valence-corrected chi connectivity index (χ1v) is 8.83. The number of carbonyl (C=O) groups is 1. The third kappa shape index (κ3) is 6.53. The molecule has 2 atom stereocenters. The maximum absolute atomic E-state index is 12.1. The number of urea groups is 1. The van der Waals surface area contributed by atoms with Gasteiger partial charge in [0.15, 0.2) is 0 Å². The topological polar surface area (TPSA) is 64.6 Å². The van der Waals surface area contributed by atoms with Crippen LogP contribution in [0.1, 0.15) is 65.2 Å². The highest BCUT2D eigenvalue weighted by atomic mass is 16.3. The van der Waals surface area contributed by atoms with E-state index in [1.807, 2.05) is 0 Å².